The lowest BCUT2D eigenvalue weighted by Gasteiger charge is -2.27. The third-order valence-electron chi connectivity index (χ3n) is 3.13. The van der Waals surface area contributed by atoms with Crippen LogP contribution in [0.3, 0.4) is 0 Å². The number of aromatic nitrogens is 2. The number of likely N-dealkylation sites (N-methyl/N-ethyl adjacent to an activating group) is 1. The van der Waals surface area contributed by atoms with E-state index in [-0.39, 0.29) is 5.56 Å². The first-order valence-corrected chi connectivity index (χ1v) is 6.66. The molecular weight excluding hydrogens is 270 g/mol. The topological polar surface area (TPSA) is 107 Å². The summed E-state index contributed by atoms with van der Waals surface area (Å²) < 4.78 is 0. The molecule has 0 aliphatic rings. The van der Waals surface area contributed by atoms with E-state index in [9.17, 15) is 9.90 Å². The number of hydrogen-bond donors (Lipinski definition) is 4. The van der Waals surface area contributed by atoms with Gasteiger partial charge in [-0.25, -0.2) is 4.98 Å². The minimum atomic E-state index is -0.896. The van der Waals surface area contributed by atoms with Crippen molar-refractivity contribution in [2.24, 2.45) is 0 Å². The van der Waals surface area contributed by atoms with Crippen LogP contribution in [0.2, 0.25) is 0 Å². The number of benzene rings is 1. The molecule has 114 valence electrons. The van der Waals surface area contributed by atoms with Crippen LogP contribution >= 0.6 is 0 Å². The highest BCUT2D eigenvalue weighted by Gasteiger charge is 2.21. The average Bonchev–Trinajstić information content (AvgIpc) is 2.36. The van der Waals surface area contributed by atoms with E-state index in [1.807, 2.05) is 19.0 Å². The minimum Gasteiger partial charge on any atom is -0.397 e. The molecule has 21 heavy (non-hydrogen) atoms. The third-order valence-corrected chi connectivity index (χ3v) is 3.13. The molecule has 2 aromatic rings. The van der Waals surface area contributed by atoms with Gasteiger partial charge < -0.3 is 26.0 Å². The second kappa shape index (κ2) is 5.71. The Morgan fingerprint density at radius 1 is 1.48 bits per heavy atom. The standard InChI is InChI=1S/C14H21N5O2/c1-14(21,7-19(2)3)6-16-12-5-11-9(4-10(12)15)13(20)18-8-17-11/h4-5,8,16,21H,6-7,15H2,1-3H3,(H,17,18,20). The number of fused-ring (bicyclic) bond motifs is 1. The molecule has 0 saturated heterocycles. The van der Waals surface area contributed by atoms with Crippen molar-refractivity contribution in [1.29, 1.82) is 0 Å². The van der Waals surface area contributed by atoms with Crippen molar-refractivity contribution in [2.75, 3.05) is 38.2 Å². The van der Waals surface area contributed by atoms with Crippen molar-refractivity contribution >= 4 is 22.3 Å². The molecule has 0 amide bonds. The van der Waals surface area contributed by atoms with Crippen LogP contribution in [-0.2, 0) is 0 Å². The van der Waals surface area contributed by atoms with E-state index in [1.165, 1.54) is 6.33 Å². The SMILES string of the molecule is CN(C)CC(C)(O)CNc1cc2nc[nH]c(=O)c2cc1N. The van der Waals surface area contributed by atoms with Gasteiger partial charge >= 0.3 is 0 Å². The van der Waals surface area contributed by atoms with E-state index in [0.29, 0.717) is 35.4 Å². The zero-order valence-electron chi connectivity index (χ0n) is 12.5. The van der Waals surface area contributed by atoms with E-state index in [1.54, 1.807) is 19.1 Å². The molecule has 1 aromatic carbocycles. The highest BCUT2D eigenvalue weighted by Crippen LogP contribution is 2.23. The van der Waals surface area contributed by atoms with Gasteiger partial charge in [0.15, 0.2) is 0 Å². The molecule has 5 N–H and O–H groups in total. The number of anilines is 2. The Kier molecular flexibility index (Phi) is 4.15. The predicted molar refractivity (Wildman–Crippen MR) is 84.4 cm³/mol. The van der Waals surface area contributed by atoms with Crippen LogP contribution < -0.4 is 16.6 Å². The summed E-state index contributed by atoms with van der Waals surface area (Å²) in [7, 11) is 3.80. The number of aromatic amines is 1. The van der Waals surface area contributed by atoms with Gasteiger partial charge in [-0.15, -0.1) is 0 Å². The molecule has 1 heterocycles. The molecule has 1 aromatic heterocycles. The maximum absolute atomic E-state index is 11.7. The van der Waals surface area contributed by atoms with Crippen molar-refractivity contribution in [3.05, 3.63) is 28.8 Å². The van der Waals surface area contributed by atoms with Gasteiger partial charge in [0.25, 0.3) is 5.56 Å². The zero-order chi connectivity index (χ0) is 15.6. The average molecular weight is 291 g/mol. The molecule has 0 fully saturated rings. The molecule has 0 aliphatic carbocycles. The summed E-state index contributed by atoms with van der Waals surface area (Å²) in [5, 5.41) is 13.8. The highest BCUT2D eigenvalue weighted by molar-refractivity contribution is 5.88. The fourth-order valence-corrected chi connectivity index (χ4v) is 2.31. The number of nitrogen functional groups attached to an aromatic ring is 1. The lowest BCUT2D eigenvalue weighted by Crippen LogP contribution is -2.43. The number of nitrogens with zero attached hydrogens (tertiary/aromatic N) is 2. The summed E-state index contributed by atoms with van der Waals surface area (Å²) in [5.41, 5.74) is 6.49. The molecule has 1 unspecified atom stereocenters. The van der Waals surface area contributed by atoms with E-state index in [0.717, 1.165) is 0 Å². The first-order valence-electron chi connectivity index (χ1n) is 6.66. The van der Waals surface area contributed by atoms with E-state index >= 15 is 0 Å². The van der Waals surface area contributed by atoms with E-state index in [4.69, 9.17) is 5.73 Å². The van der Waals surface area contributed by atoms with E-state index in [2.05, 4.69) is 15.3 Å². The molecule has 0 aliphatic heterocycles. The molecule has 0 saturated carbocycles. The van der Waals surface area contributed by atoms with Crippen molar-refractivity contribution in [3.63, 3.8) is 0 Å². The number of nitrogens with one attached hydrogen (secondary N) is 2. The Labute approximate surface area is 122 Å². The second-order valence-electron chi connectivity index (χ2n) is 5.78. The lowest BCUT2D eigenvalue weighted by molar-refractivity contribution is 0.0460. The van der Waals surface area contributed by atoms with Crippen molar-refractivity contribution in [3.8, 4) is 0 Å². The monoisotopic (exact) mass is 291 g/mol. The third kappa shape index (κ3) is 3.71. The zero-order valence-corrected chi connectivity index (χ0v) is 12.5. The van der Waals surface area contributed by atoms with Gasteiger partial charge in [-0.2, -0.15) is 0 Å². The summed E-state index contributed by atoms with van der Waals surface area (Å²) in [6.07, 6.45) is 1.35. The smallest absolute Gasteiger partial charge is 0.258 e. The molecule has 0 spiro atoms. The van der Waals surface area contributed by atoms with Gasteiger partial charge in [0.2, 0.25) is 0 Å². The van der Waals surface area contributed by atoms with Gasteiger partial charge in [0.05, 0.1) is 34.2 Å². The number of H-pyrrole nitrogens is 1. The number of rotatable bonds is 5. The Bertz CT molecular complexity index is 693. The molecule has 7 nitrogen and oxygen atoms in total. The quantitative estimate of drug-likeness (QED) is 0.587. The van der Waals surface area contributed by atoms with Gasteiger partial charge in [0.1, 0.15) is 0 Å². The van der Waals surface area contributed by atoms with Crippen LogP contribution in [0.4, 0.5) is 11.4 Å². The summed E-state index contributed by atoms with van der Waals surface area (Å²) >= 11 is 0. The maximum Gasteiger partial charge on any atom is 0.258 e. The number of hydrogen-bond acceptors (Lipinski definition) is 6. The van der Waals surface area contributed by atoms with Crippen LogP contribution in [0.25, 0.3) is 10.9 Å². The summed E-state index contributed by atoms with van der Waals surface area (Å²) in [5.74, 6) is 0. The normalized spacial score (nSPS) is 14.3. The van der Waals surface area contributed by atoms with E-state index < -0.39 is 5.60 Å². The largest absolute Gasteiger partial charge is 0.397 e. The molecular formula is C14H21N5O2. The summed E-state index contributed by atoms with van der Waals surface area (Å²) in [6, 6.07) is 3.30. The first kappa shape index (κ1) is 15.3. The number of aliphatic hydroxyl groups is 1. The van der Waals surface area contributed by atoms with Crippen LogP contribution in [0, 0.1) is 0 Å². The Morgan fingerprint density at radius 3 is 2.86 bits per heavy atom. The van der Waals surface area contributed by atoms with Gasteiger partial charge in [-0.1, -0.05) is 0 Å². The van der Waals surface area contributed by atoms with Crippen LogP contribution in [-0.4, -0.2) is 52.8 Å². The summed E-state index contributed by atoms with van der Waals surface area (Å²) in [6.45, 7) is 2.61. The van der Waals surface area contributed by atoms with Crippen LogP contribution in [0.15, 0.2) is 23.3 Å². The van der Waals surface area contributed by atoms with Crippen molar-refractivity contribution < 1.29 is 5.11 Å². The first-order chi connectivity index (χ1) is 9.78. The molecule has 0 bridgehead atoms. The molecule has 0 radical (unpaired) electrons. The summed E-state index contributed by atoms with van der Waals surface area (Å²) in [4.78, 5) is 20.2. The molecule has 2 rings (SSSR count). The molecule has 7 heteroatoms. The fraction of sp³-hybridized carbons (Fsp3) is 0.429. The van der Waals surface area contributed by atoms with Crippen molar-refractivity contribution in [1.82, 2.24) is 14.9 Å². The molecule has 1 atom stereocenters. The fourth-order valence-electron chi connectivity index (χ4n) is 2.31. The van der Waals surface area contributed by atoms with Gasteiger partial charge in [0, 0.05) is 13.1 Å². The lowest BCUT2D eigenvalue weighted by atomic mass is 10.1. The minimum absolute atomic E-state index is 0.224. The second-order valence-corrected chi connectivity index (χ2v) is 5.78. The van der Waals surface area contributed by atoms with Crippen LogP contribution in [0.5, 0.6) is 0 Å². The Morgan fingerprint density at radius 2 is 2.19 bits per heavy atom. The Balaban J connectivity index is 2.23. The predicted octanol–water partition coefficient (Wildman–Crippen LogP) is 0.230. The highest BCUT2D eigenvalue weighted by atomic mass is 16.3. The number of nitrogens with two attached hydrogens (primary N) is 1. The van der Waals surface area contributed by atoms with Crippen LogP contribution in [0.1, 0.15) is 6.92 Å². The van der Waals surface area contributed by atoms with Gasteiger partial charge in [-0.3, -0.25) is 4.79 Å². The maximum atomic E-state index is 11.7. The van der Waals surface area contributed by atoms with Crippen molar-refractivity contribution in [2.45, 2.75) is 12.5 Å². The Hall–Kier alpha value is -2.12. The van der Waals surface area contributed by atoms with Gasteiger partial charge in [-0.05, 0) is 33.2 Å².